The van der Waals surface area contributed by atoms with Crippen molar-refractivity contribution in [3.63, 3.8) is 0 Å². The molecule has 4 heteroatoms. The maximum Gasteiger partial charge on any atom is 0.126 e. The van der Waals surface area contributed by atoms with E-state index in [2.05, 4.69) is 80.6 Å². The molecule has 0 saturated heterocycles. The minimum absolute atomic E-state index is 0.00329. The summed E-state index contributed by atoms with van der Waals surface area (Å²) < 4.78 is 1.07. The van der Waals surface area contributed by atoms with Crippen molar-refractivity contribution in [3.05, 3.63) is 94.2 Å². The number of fused-ring (bicyclic) bond motifs is 1. The van der Waals surface area contributed by atoms with Crippen molar-refractivity contribution in [2.75, 3.05) is 5.32 Å². The molecule has 0 aliphatic carbocycles. The summed E-state index contributed by atoms with van der Waals surface area (Å²) in [6.45, 7) is 2.13. The number of hydrogen-bond donors (Lipinski definition) is 2. The molecule has 1 atom stereocenters. The molecule has 0 fully saturated rings. The van der Waals surface area contributed by atoms with Gasteiger partial charge in [0.05, 0.1) is 6.04 Å². The minimum Gasteiger partial charge on any atom is -0.359 e. The second-order valence-corrected chi connectivity index (χ2v) is 6.97. The number of anilines is 1. The topological polar surface area (TPSA) is 40.7 Å². The number of nitrogens with zero attached hydrogens (tertiary/aromatic N) is 1. The Morgan fingerprint density at radius 1 is 1.00 bits per heavy atom. The fourth-order valence-corrected chi connectivity index (χ4v) is 3.69. The number of para-hydroxylation sites is 1. The van der Waals surface area contributed by atoms with Crippen LogP contribution in [0.3, 0.4) is 0 Å². The van der Waals surface area contributed by atoms with Gasteiger partial charge >= 0.3 is 0 Å². The molecular formula is C21H18BrN3. The van der Waals surface area contributed by atoms with Crippen LogP contribution < -0.4 is 5.32 Å². The summed E-state index contributed by atoms with van der Waals surface area (Å²) >= 11 is 3.60. The molecule has 0 aliphatic heterocycles. The molecule has 124 valence electrons. The Kier molecular flexibility index (Phi) is 4.28. The lowest BCUT2D eigenvalue weighted by atomic mass is 9.96. The van der Waals surface area contributed by atoms with Gasteiger partial charge < -0.3 is 10.3 Å². The SMILES string of the molecule is Cc1[nH]c2ccccc2c1[C@@H](Nc1ccccn1)c1cccc(Br)c1. The van der Waals surface area contributed by atoms with E-state index in [-0.39, 0.29) is 6.04 Å². The number of aromatic amines is 1. The second-order valence-electron chi connectivity index (χ2n) is 6.06. The lowest BCUT2D eigenvalue weighted by Crippen LogP contribution is -2.14. The third kappa shape index (κ3) is 3.17. The number of aryl methyl sites for hydroxylation is 1. The third-order valence-corrected chi connectivity index (χ3v) is 4.86. The first-order valence-electron chi connectivity index (χ1n) is 8.22. The molecule has 0 bridgehead atoms. The van der Waals surface area contributed by atoms with Crippen LogP contribution in [0.15, 0.2) is 77.4 Å². The quantitative estimate of drug-likeness (QED) is 0.458. The van der Waals surface area contributed by atoms with Crippen LogP contribution in [-0.2, 0) is 0 Å². The summed E-state index contributed by atoms with van der Waals surface area (Å²) in [4.78, 5) is 7.96. The molecule has 0 aliphatic rings. The highest BCUT2D eigenvalue weighted by Crippen LogP contribution is 2.34. The van der Waals surface area contributed by atoms with Crippen molar-refractivity contribution in [3.8, 4) is 0 Å². The van der Waals surface area contributed by atoms with Gasteiger partial charge in [-0.05, 0) is 42.8 Å². The van der Waals surface area contributed by atoms with Crippen molar-refractivity contribution in [1.82, 2.24) is 9.97 Å². The number of aromatic nitrogens is 2. The summed E-state index contributed by atoms with van der Waals surface area (Å²) in [6.07, 6.45) is 1.81. The summed E-state index contributed by atoms with van der Waals surface area (Å²) in [5.74, 6) is 0.858. The fraction of sp³-hybridized carbons (Fsp3) is 0.0952. The molecule has 2 aromatic carbocycles. The van der Waals surface area contributed by atoms with Gasteiger partial charge in [-0.25, -0.2) is 4.98 Å². The smallest absolute Gasteiger partial charge is 0.126 e. The zero-order valence-corrected chi connectivity index (χ0v) is 15.4. The monoisotopic (exact) mass is 391 g/mol. The average Bonchev–Trinajstić information content (AvgIpc) is 2.96. The molecule has 0 spiro atoms. The van der Waals surface area contributed by atoms with Gasteiger partial charge in [0, 0.05) is 32.8 Å². The highest BCUT2D eigenvalue weighted by Gasteiger charge is 2.21. The van der Waals surface area contributed by atoms with Gasteiger partial charge in [-0.3, -0.25) is 0 Å². The predicted octanol–water partition coefficient (Wildman–Crippen LogP) is 5.84. The van der Waals surface area contributed by atoms with Crippen molar-refractivity contribution in [2.24, 2.45) is 0 Å². The maximum atomic E-state index is 4.45. The minimum atomic E-state index is 0.00329. The third-order valence-electron chi connectivity index (χ3n) is 4.37. The molecular weight excluding hydrogens is 374 g/mol. The first-order valence-corrected chi connectivity index (χ1v) is 9.02. The van der Waals surface area contributed by atoms with E-state index in [1.165, 1.54) is 16.5 Å². The zero-order valence-electron chi connectivity index (χ0n) is 13.8. The first kappa shape index (κ1) is 15.9. The van der Waals surface area contributed by atoms with Gasteiger partial charge in [-0.15, -0.1) is 0 Å². The summed E-state index contributed by atoms with van der Waals surface area (Å²) in [7, 11) is 0. The van der Waals surface area contributed by atoms with Gasteiger partial charge in [-0.2, -0.15) is 0 Å². The maximum absolute atomic E-state index is 4.45. The molecule has 0 unspecified atom stereocenters. The van der Waals surface area contributed by atoms with E-state index in [0.29, 0.717) is 0 Å². The Morgan fingerprint density at radius 3 is 2.64 bits per heavy atom. The van der Waals surface area contributed by atoms with Crippen molar-refractivity contribution in [1.29, 1.82) is 0 Å². The highest BCUT2D eigenvalue weighted by atomic mass is 79.9. The number of rotatable bonds is 4. The van der Waals surface area contributed by atoms with Crippen LogP contribution in [0.1, 0.15) is 22.9 Å². The van der Waals surface area contributed by atoms with E-state index in [0.717, 1.165) is 21.5 Å². The van der Waals surface area contributed by atoms with E-state index in [9.17, 15) is 0 Å². The molecule has 0 amide bonds. The molecule has 3 nitrogen and oxygen atoms in total. The number of benzene rings is 2. The predicted molar refractivity (Wildman–Crippen MR) is 107 cm³/mol. The summed E-state index contributed by atoms with van der Waals surface area (Å²) in [5, 5.41) is 4.84. The van der Waals surface area contributed by atoms with Gasteiger partial charge in [0.25, 0.3) is 0 Å². The fourth-order valence-electron chi connectivity index (χ4n) is 3.27. The van der Waals surface area contributed by atoms with Crippen LogP contribution in [0, 0.1) is 6.92 Å². The Hall–Kier alpha value is -2.59. The van der Waals surface area contributed by atoms with E-state index >= 15 is 0 Å². The number of nitrogens with one attached hydrogen (secondary N) is 2. The molecule has 25 heavy (non-hydrogen) atoms. The summed E-state index contributed by atoms with van der Waals surface area (Å²) in [6, 6.07) is 22.8. The lowest BCUT2D eigenvalue weighted by Gasteiger charge is -2.21. The highest BCUT2D eigenvalue weighted by molar-refractivity contribution is 9.10. The molecule has 4 aromatic rings. The van der Waals surface area contributed by atoms with Crippen LogP contribution in [0.4, 0.5) is 5.82 Å². The van der Waals surface area contributed by atoms with Crippen LogP contribution in [-0.4, -0.2) is 9.97 Å². The van der Waals surface area contributed by atoms with E-state index in [1.54, 1.807) is 0 Å². The van der Waals surface area contributed by atoms with E-state index in [1.807, 2.05) is 30.5 Å². The molecule has 2 heterocycles. The number of pyridine rings is 1. The van der Waals surface area contributed by atoms with Gasteiger partial charge in [0.15, 0.2) is 0 Å². The standard InChI is InChI=1S/C21H18BrN3/c1-14-20(17-9-2-3-10-18(17)24-14)21(15-7-6-8-16(22)13-15)25-19-11-4-5-12-23-19/h2-13,21,24H,1H3,(H,23,25)/t21-/m0/s1. The normalized spacial score (nSPS) is 12.2. The van der Waals surface area contributed by atoms with E-state index in [4.69, 9.17) is 0 Å². The van der Waals surface area contributed by atoms with Crippen LogP contribution in [0.2, 0.25) is 0 Å². The van der Waals surface area contributed by atoms with Gasteiger partial charge in [0.2, 0.25) is 0 Å². The van der Waals surface area contributed by atoms with Crippen molar-refractivity contribution >= 4 is 32.7 Å². The Balaban J connectivity index is 1.89. The van der Waals surface area contributed by atoms with Crippen LogP contribution in [0.25, 0.3) is 10.9 Å². The largest absolute Gasteiger partial charge is 0.359 e. The van der Waals surface area contributed by atoms with E-state index < -0.39 is 0 Å². The molecule has 0 saturated carbocycles. The Labute approximate surface area is 155 Å². The van der Waals surface area contributed by atoms with Gasteiger partial charge in [0.1, 0.15) is 5.82 Å². The lowest BCUT2D eigenvalue weighted by molar-refractivity contribution is 0.920. The second kappa shape index (κ2) is 6.73. The molecule has 2 aromatic heterocycles. The number of H-pyrrole nitrogens is 1. The Bertz CT molecular complexity index is 1010. The molecule has 0 radical (unpaired) electrons. The molecule has 4 rings (SSSR count). The van der Waals surface area contributed by atoms with Crippen LogP contribution >= 0.6 is 15.9 Å². The summed E-state index contributed by atoms with van der Waals surface area (Å²) in [5.41, 5.74) is 4.75. The van der Waals surface area contributed by atoms with Crippen molar-refractivity contribution < 1.29 is 0 Å². The molecule has 2 N–H and O–H groups in total. The number of hydrogen-bond acceptors (Lipinski definition) is 2. The zero-order chi connectivity index (χ0) is 17.2. The number of halogens is 1. The Morgan fingerprint density at radius 2 is 1.84 bits per heavy atom. The average molecular weight is 392 g/mol. The van der Waals surface area contributed by atoms with Crippen LogP contribution in [0.5, 0.6) is 0 Å². The first-order chi connectivity index (χ1) is 12.2. The van der Waals surface area contributed by atoms with Gasteiger partial charge in [-0.1, -0.05) is 52.3 Å². The van der Waals surface area contributed by atoms with Crippen molar-refractivity contribution in [2.45, 2.75) is 13.0 Å².